The summed E-state index contributed by atoms with van der Waals surface area (Å²) in [4.78, 5) is 27.3. The fraction of sp³-hybridized carbons (Fsp3) is 0.433. The van der Waals surface area contributed by atoms with Gasteiger partial charge in [0, 0.05) is 57.7 Å². The standard InChI is InChI=1S/C30H37N5O5S/c1-21-25(20-31-29(36)27-19-26(23-11-12-23)32-33(27)2)5-4-6-28(21)40-18-13-22-7-9-24(10-8-22)30(37)34-14-16-35(17-15-34)41(3,38)39/h4-10,19,23H,11-18,20H2,1-3H3,(H,31,36). The van der Waals surface area contributed by atoms with Gasteiger partial charge < -0.3 is 15.0 Å². The van der Waals surface area contributed by atoms with Crippen LogP contribution in [0.3, 0.4) is 0 Å². The summed E-state index contributed by atoms with van der Waals surface area (Å²) in [5.74, 6) is 1.03. The molecule has 2 heterocycles. The molecule has 0 unspecified atom stereocenters. The fourth-order valence-corrected chi connectivity index (χ4v) is 5.88. The molecule has 0 atom stereocenters. The number of nitrogens with zero attached hydrogens (tertiary/aromatic N) is 4. The van der Waals surface area contributed by atoms with Crippen molar-refractivity contribution in [1.82, 2.24) is 24.3 Å². The van der Waals surface area contributed by atoms with Crippen LogP contribution in [0.4, 0.5) is 0 Å². The van der Waals surface area contributed by atoms with Crippen LogP contribution in [0, 0.1) is 6.92 Å². The van der Waals surface area contributed by atoms with E-state index in [0.29, 0.717) is 62.9 Å². The summed E-state index contributed by atoms with van der Waals surface area (Å²) in [6.07, 6.45) is 4.15. The van der Waals surface area contributed by atoms with Crippen LogP contribution in [-0.2, 0) is 30.0 Å². The fourth-order valence-electron chi connectivity index (χ4n) is 5.05. The quantitative estimate of drug-likeness (QED) is 0.395. The molecule has 1 aromatic heterocycles. The average Bonchev–Trinajstić information content (AvgIpc) is 3.74. The van der Waals surface area contributed by atoms with E-state index in [2.05, 4.69) is 10.4 Å². The highest BCUT2D eigenvalue weighted by Gasteiger charge is 2.28. The number of piperazine rings is 1. The zero-order valence-electron chi connectivity index (χ0n) is 23.8. The van der Waals surface area contributed by atoms with E-state index >= 15 is 0 Å². The van der Waals surface area contributed by atoms with Crippen molar-refractivity contribution in [2.45, 2.75) is 38.6 Å². The number of sulfonamides is 1. The molecule has 1 N–H and O–H groups in total. The van der Waals surface area contributed by atoms with Crippen LogP contribution >= 0.6 is 0 Å². The summed E-state index contributed by atoms with van der Waals surface area (Å²) >= 11 is 0. The van der Waals surface area contributed by atoms with E-state index in [4.69, 9.17) is 4.74 Å². The lowest BCUT2D eigenvalue weighted by Crippen LogP contribution is -2.50. The van der Waals surface area contributed by atoms with Gasteiger partial charge >= 0.3 is 0 Å². The second kappa shape index (κ2) is 12.0. The van der Waals surface area contributed by atoms with Crippen LogP contribution in [-0.4, -0.2) is 78.3 Å². The van der Waals surface area contributed by atoms with Crippen molar-refractivity contribution in [3.63, 3.8) is 0 Å². The van der Waals surface area contributed by atoms with Crippen LogP contribution in [0.15, 0.2) is 48.5 Å². The van der Waals surface area contributed by atoms with Gasteiger partial charge in [0.05, 0.1) is 18.6 Å². The monoisotopic (exact) mass is 579 g/mol. The van der Waals surface area contributed by atoms with Gasteiger partial charge in [-0.25, -0.2) is 8.42 Å². The van der Waals surface area contributed by atoms with Gasteiger partial charge in [-0.05, 0) is 60.7 Å². The molecule has 41 heavy (non-hydrogen) atoms. The first kappa shape index (κ1) is 28.8. The largest absolute Gasteiger partial charge is 0.493 e. The van der Waals surface area contributed by atoms with Gasteiger partial charge in [-0.1, -0.05) is 24.3 Å². The van der Waals surface area contributed by atoms with E-state index in [-0.39, 0.29) is 11.8 Å². The van der Waals surface area contributed by atoms with E-state index < -0.39 is 10.0 Å². The highest BCUT2D eigenvalue weighted by molar-refractivity contribution is 7.88. The summed E-state index contributed by atoms with van der Waals surface area (Å²) in [7, 11) is -1.43. The first-order valence-corrected chi connectivity index (χ1v) is 15.8. The van der Waals surface area contributed by atoms with E-state index in [1.807, 2.05) is 55.5 Å². The summed E-state index contributed by atoms with van der Waals surface area (Å²) in [5.41, 5.74) is 5.16. The Morgan fingerprint density at radius 2 is 1.76 bits per heavy atom. The first-order valence-electron chi connectivity index (χ1n) is 14.0. The Balaban J connectivity index is 1.10. The molecule has 5 rings (SSSR count). The molecule has 1 aliphatic carbocycles. The summed E-state index contributed by atoms with van der Waals surface area (Å²) in [5, 5.41) is 7.49. The third kappa shape index (κ3) is 6.97. The highest BCUT2D eigenvalue weighted by atomic mass is 32.2. The Morgan fingerprint density at radius 1 is 1.05 bits per heavy atom. The van der Waals surface area contributed by atoms with Gasteiger partial charge in [0.1, 0.15) is 11.4 Å². The molecule has 1 aliphatic heterocycles. The first-order chi connectivity index (χ1) is 19.6. The molecular weight excluding hydrogens is 542 g/mol. The van der Waals surface area contributed by atoms with Gasteiger partial charge in [-0.3, -0.25) is 14.3 Å². The zero-order chi connectivity index (χ0) is 29.1. The molecule has 2 amide bonds. The minimum atomic E-state index is -3.23. The predicted molar refractivity (Wildman–Crippen MR) is 155 cm³/mol. The number of aryl methyl sites for hydroxylation is 1. The summed E-state index contributed by atoms with van der Waals surface area (Å²) in [6.45, 7) is 4.25. The lowest BCUT2D eigenvalue weighted by Gasteiger charge is -2.33. The van der Waals surface area contributed by atoms with E-state index in [1.165, 1.54) is 10.6 Å². The Morgan fingerprint density at radius 3 is 2.41 bits per heavy atom. The van der Waals surface area contributed by atoms with Crippen molar-refractivity contribution in [1.29, 1.82) is 0 Å². The Bertz CT molecular complexity index is 1520. The Kier molecular flexibility index (Phi) is 8.46. The number of benzene rings is 2. The zero-order valence-corrected chi connectivity index (χ0v) is 24.6. The summed E-state index contributed by atoms with van der Waals surface area (Å²) in [6, 6.07) is 15.2. The van der Waals surface area contributed by atoms with Gasteiger partial charge in [0.25, 0.3) is 11.8 Å². The van der Waals surface area contributed by atoms with Gasteiger partial charge in [0.15, 0.2) is 0 Å². The van der Waals surface area contributed by atoms with Crippen molar-refractivity contribution in [3.05, 3.63) is 82.2 Å². The number of hydrogen-bond donors (Lipinski definition) is 1. The molecule has 0 bridgehead atoms. The SMILES string of the molecule is Cc1c(CNC(=O)c2cc(C3CC3)nn2C)cccc1OCCc1ccc(C(=O)N2CCN(S(C)(=O)=O)CC2)cc1. The minimum absolute atomic E-state index is 0.0905. The molecule has 1 saturated heterocycles. The molecule has 3 aromatic rings. The lowest BCUT2D eigenvalue weighted by molar-refractivity contribution is 0.0698. The summed E-state index contributed by atoms with van der Waals surface area (Å²) < 4.78 is 32.6. The van der Waals surface area contributed by atoms with Crippen molar-refractivity contribution in [3.8, 4) is 5.75 Å². The molecule has 0 radical (unpaired) electrons. The molecule has 11 heteroatoms. The number of nitrogens with one attached hydrogen (secondary N) is 1. The van der Waals surface area contributed by atoms with Crippen LogP contribution in [0.5, 0.6) is 5.75 Å². The number of hydrogen-bond acceptors (Lipinski definition) is 6. The molecule has 2 aromatic carbocycles. The molecule has 2 fully saturated rings. The number of rotatable bonds is 10. The van der Waals surface area contributed by atoms with Gasteiger partial charge in [-0.2, -0.15) is 9.40 Å². The van der Waals surface area contributed by atoms with Crippen LogP contribution in [0.25, 0.3) is 0 Å². The maximum Gasteiger partial charge on any atom is 0.269 e. The number of aromatic nitrogens is 2. The van der Waals surface area contributed by atoms with Crippen LogP contribution < -0.4 is 10.1 Å². The number of amides is 2. The lowest BCUT2D eigenvalue weighted by atomic mass is 10.1. The topological polar surface area (TPSA) is 114 Å². The van der Waals surface area contributed by atoms with Gasteiger partial charge in [-0.15, -0.1) is 0 Å². The maximum atomic E-state index is 12.9. The smallest absolute Gasteiger partial charge is 0.269 e. The minimum Gasteiger partial charge on any atom is -0.493 e. The molecule has 1 saturated carbocycles. The van der Waals surface area contributed by atoms with Crippen LogP contribution in [0.1, 0.15) is 62.0 Å². The third-order valence-corrected chi connectivity index (χ3v) is 9.11. The van der Waals surface area contributed by atoms with Crippen molar-refractivity contribution in [2.24, 2.45) is 7.05 Å². The van der Waals surface area contributed by atoms with Crippen molar-refractivity contribution in [2.75, 3.05) is 39.0 Å². The van der Waals surface area contributed by atoms with Crippen molar-refractivity contribution < 1.29 is 22.7 Å². The Labute approximate surface area is 241 Å². The number of carbonyl (C=O) groups is 2. The predicted octanol–water partition coefficient (Wildman–Crippen LogP) is 2.87. The highest BCUT2D eigenvalue weighted by Crippen LogP contribution is 2.39. The molecule has 218 valence electrons. The van der Waals surface area contributed by atoms with Crippen LogP contribution in [0.2, 0.25) is 0 Å². The second-order valence-corrected chi connectivity index (χ2v) is 12.8. The third-order valence-electron chi connectivity index (χ3n) is 7.81. The Hall–Kier alpha value is -3.70. The maximum absolute atomic E-state index is 12.9. The van der Waals surface area contributed by atoms with Gasteiger partial charge in [0.2, 0.25) is 10.0 Å². The van der Waals surface area contributed by atoms with E-state index in [9.17, 15) is 18.0 Å². The number of ether oxygens (including phenoxy) is 1. The average molecular weight is 580 g/mol. The normalized spacial score (nSPS) is 16.0. The second-order valence-electron chi connectivity index (χ2n) is 10.8. The molecule has 10 nitrogen and oxygen atoms in total. The number of carbonyl (C=O) groups excluding carboxylic acids is 2. The molecular formula is C30H37N5O5S. The van der Waals surface area contributed by atoms with E-state index in [1.54, 1.807) is 16.6 Å². The van der Waals surface area contributed by atoms with Crippen molar-refractivity contribution >= 4 is 21.8 Å². The van der Waals surface area contributed by atoms with E-state index in [0.717, 1.165) is 41.0 Å². The molecule has 2 aliphatic rings. The molecule has 0 spiro atoms.